The lowest BCUT2D eigenvalue weighted by Crippen LogP contribution is -2.00. The zero-order valence-electron chi connectivity index (χ0n) is 27.5. The number of hydrogen-bond donors (Lipinski definition) is 0. The quantitative estimate of drug-likeness (QED) is 0.186. The highest BCUT2D eigenvalue weighted by Crippen LogP contribution is 2.42. The molecule has 0 N–H and O–H groups in total. The molecule has 0 unspecified atom stereocenters. The van der Waals surface area contributed by atoms with Crippen LogP contribution in [0.15, 0.2) is 180 Å². The Kier molecular flexibility index (Phi) is 6.78. The highest BCUT2D eigenvalue weighted by molar-refractivity contribution is 6.16. The van der Waals surface area contributed by atoms with Gasteiger partial charge in [0.15, 0.2) is 17.5 Å². The van der Waals surface area contributed by atoms with Gasteiger partial charge < -0.3 is 4.42 Å². The lowest BCUT2D eigenvalue weighted by molar-refractivity contribution is 0.669. The Labute approximate surface area is 294 Å². The highest BCUT2D eigenvalue weighted by atomic mass is 16.3. The van der Waals surface area contributed by atoms with E-state index < -0.39 is 0 Å². The molecule has 0 atom stereocenters. The van der Waals surface area contributed by atoms with Crippen LogP contribution in [0.2, 0.25) is 0 Å². The summed E-state index contributed by atoms with van der Waals surface area (Å²) >= 11 is 0. The third-order valence-electron chi connectivity index (χ3n) is 9.73. The molecular formula is C47H29N3O. The number of furan rings is 1. The Hall–Kier alpha value is -6.91. The molecule has 0 aliphatic rings. The van der Waals surface area contributed by atoms with Crippen LogP contribution < -0.4 is 0 Å². The van der Waals surface area contributed by atoms with E-state index in [1.807, 2.05) is 36.4 Å². The van der Waals surface area contributed by atoms with E-state index in [9.17, 15) is 0 Å². The standard InChI is InChI=1S/C47H29N3O/c1-3-12-30(13-4-1)34-24-25-41-43(29-34)51-42-21-11-20-39(44(41)42)38-26-27-40(37-19-10-9-18-36(37)38)47-49-45(32-15-5-2-6-16-32)48-46(50-47)35-23-22-31-14-7-8-17-33(31)28-35/h1-29H. The van der Waals surface area contributed by atoms with Crippen LogP contribution >= 0.6 is 0 Å². The molecular weight excluding hydrogens is 623 g/mol. The van der Waals surface area contributed by atoms with Crippen LogP contribution in [0.4, 0.5) is 0 Å². The van der Waals surface area contributed by atoms with Crippen molar-refractivity contribution < 1.29 is 4.42 Å². The van der Waals surface area contributed by atoms with Crippen LogP contribution in [0.1, 0.15) is 0 Å². The van der Waals surface area contributed by atoms with Crippen molar-refractivity contribution in [2.75, 3.05) is 0 Å². The summed E-state index contributed by atoms with van der Waals surface area (Å²) in [5, 5.41) is 6.71. The lowest BCUT2D eigenvalue weighted by Gasteiger charge is -2.14. The van der Waals surface area contributed by atoms with Gasteiger partial charge >= 0.3 is 0 Å². The van der Waals surface area contributed by atoms with Gasteiger partial charge in [0, 0.05) is 27.5 Å². The van der Waals surface area contributed by atoms with E-state index in [0.29, 0.717) is 17.5 Å². The molecule has 2 aromatic heterocycles. The summed E-state index contributed by atoms with van der Waals surface area (Å²) in [4.78, 5) is 15.2. The number of aromatic nitrogens is 3. The van der Waals surface area contributed by atoms with Gasteiger partial charge in [0.2, 0.25) is 0 Å². The molecule has 0 bridgehead atoms. The summed E-state index contributed by atoms with van der Waals surface area (Å²) in [6, 6.07) is 61.0. The van der Waals surface area contributed by atoms with Crippen LogP contribution in [-0.4, -0.2) is 15.0 Å². The Balaban J connectivity index is 1.16. The van der Waals surface area contributed by atoms with Gasteiger partial charge in [0.05, 0.1) is 0 Å². The summed E-state index contributed by atoms with van der Waals surface area (Å²) in [7, 11) is 0. The lowest BCUT2D eigenvalue weighted by atomic mass is 9.92. The Morgan fingerprint density at radius 3 is 1.75 bits per heavy atom. The van der Waals surface area contributed by atoms with Gasteiger partial charge in [-0.15, -0.1) is 0 Å². The second-order valence-corrected chi connectivity index (χ2v) is 12.8. The van der Waals surface area contributed by atoms with Crippen LogP contribution in [0, 0.1) is 0 Å². The maximum absolute atomic E-state index is 6.49. The minimum absolute atomic E-state index is 0.634. The van der Waals surface area contributed by atoms with Gasteiger partial charge in [-0.1, -0.05) is 146 Å². The maximum Gasteiger partial charge on any atom is 0.164 e. The first-order chi connectivity index (χ1) is 25.3. The van der Waals surface area contributed by atoms with Gasteiger partial charge in [-0.3, -0.25) is 0 Å². The molecule has 51 heavy (non-hydrogen) atoms. The van der Waals surface area contributed by atoms with E-state index in [1.54, 1.807) is 0 Å². The number of rotatable bonds is 5. The van der Waals surface area contributed by atoms with Crippen molar-refractivity contribution in [2.24, 2.45) is 0 Å². The predicted octanol–water partition coefficient (Wildman–Crippen LogP) is 12.4. The topological polar surface area (TPSA) is 51.8 Å². The smallest absolute Gasteiger partial charge is 0.164 e. The average molecular weight is 652 g/mol. The summed E-state index contributed by atoms with van der Waals surface area (Å²) in [5.74, 6) is 1.92. The van der Waals surface area contributed by atoms with E-state index in [-0.39, 0.29) is 0 Å². The van der Waals surface area contributed by atoms with E-state index in [0.717, 1.165) is 71.5 Å². The number of fused-ring (bicyclic) bond motifs is 5. The van der Waals surface area contributed by atoms with Crippen LogP contribution in [-0.2, 0) is 0 Å². The van der Waals surface area contributed by atoms with Crippen LogP contribution in [0.25, 0.3) is 99.9 Å². The first kappa shape index (κ1) is 29.0. The molecule has 0 spiro atoms. The molecule has 2 heterocycles. The monoisotopic (exact) mass is 651 g/mol. The Morgan fingerprint density at radius 1 is 0.314 bits per heavy atom. The molecule has 8 aromatic carbocycles. The molecule has 10 rings (SSSR count). The number of nitrogens with zero attached hydrogens (tertiary/aromatic N) is 3. The third-order valence-corrected chi connectivity index (χ3v) is 9.73. The molecule has 0 amide bonds. The Morgan fingerprint density at radius 2 is 0.941 bits per heavy atom. The molecule has 4 heteroatoms. The van der Waals surface area contributed by atoms with Gasteiger partial charge in [-0.25, -0.2) is 15.0 Å². The second-order valence-electron chi connectivity index (χ2n) is 12.8. The summed E-state index contributed by atoms with van der Waals surface area (Å²) in [6.07, 6.45) is 0. The third kappa shape index (κ3) is 5.04. The van der Waals surface area contributed by atoms with Gasteiger partial charge in [0.1, 0.15) is 11.2 Å². The first-order valence-corrected chi connectivity index (χ1v) is 17.1. The summed E-state index contributed by atoms with van der Waals surface area (Å²) in [5.41, 5.74) is 9.13. The van der Waals surface area contributed by atoms with Gasteiger partial charge in [-0.05, 0) is 74.1 Å². The fourth-order valence-corrected chi connectivity index (χ4v) is 7.26. The first-order valence-electron chi connectivity index (χ1n) is 17.1. The SMILES string of the molecule is c1ccc(-c2ccc3c(c2)oc2cccc(-c4ccc(-c5nc(-c6ccccc6)nc(-c6ccc7ccccc7c6)n5)c5ccccc45)c23)cc1. The molecule has 0 aliphatic carbocycles. The van der Waals surface area contributed by atoms with E-state index in [2.05, 4.69) is 140 Å². The fraction of sp³-hybridized carbons (Fsp3) is 0. The van der Waals surface area contributed by atoms with Crippen LogP contribution in [0.3, 0.4) is 0 Å². The fourth-order valence-electron chi connectivity index (χ4n) is 7.26. The van der Waals surface area contributed by atoms with E-state index >= 15 is 0 Å². The van der Waals surface area contributed by atoms with Gasteiger partial charge in [0.25, 0.3) is 0 Å². The molecule has 10 aromatic rings. The van der Waals surface area contributed by atoms with E-state index in [4.69, 9.17) is 19.4 Å². The molecule has 0 saturated heterocycles. The summed E-state index contributed by atoms with van der Waals surface area (Å²) in [6.45, 7) is 0. The molecule has 0 fully saturated rings. The maximum atomic E-state index is 6.49. The molecule has 238 valence electrons. The summed E-state index contributed by atoms with van der Waals surface area (Å²) < 4.78 is 6.49. The number of hydrogen-bond acceptors (Lipinski definition) is 4. The van der Waals surface area contributed by atoms with Crippen molar-refractivity contribution in [2.45, 2.75) is 0 Å². The molecule has 0 radical (unpaired) electrons. The highest BCUT2D eigenvalue weighted by Gasteiger charge is 2.19. The zero-order valence-corrected chi connectivity index (χ0v) is 27.5. The largest absolute Gasteiger partial charge is 0.456 e. The van der Waals surface area contributed by atoms with Crippen molar-refractivity contribution in [3.8, 4) is 56.4 Å². The minimum atomic E-state index is 0.634. The Bertz CT molecular complexity index is 2910. The number of benzene rings is 8. The van der Waals surface area contributed by atoms with Crippen molar-refractivity contribution in [1.29, 1.82) is 0 Å². The van der Waals surface area contributed by atoms with Crippen molar-refractivity contribution in [1.82, 2.24) is 15.0 Å². The average Bonchev–Trinajstić information content (AvgIpc) is 3.59. The minimum Gasteiger partial charge on any atom is -0.456 e. The van der Waals surface area contributed by atoms with Crippen molar-refractivity contribution >= 4 is 43.5 Å². The predicted molar refractivity (Wildman–Crippen MR) is 209 cm³/mol. The molecule has 4 nitrogen and oxygen atoms in total. The zero-order chi connectivity index (χ0) is 33.7. The molecule has 0 aliphatic heterocycles. The molecule has 0 saturated carbocycles. The van der Waals surface area contributed by atoms with Crippen molar-refractivity contribution in [3.05, 3.63) is 176 Å². The van der Waals surface area contributed by atoms with Crippen LogP contribution in [0.5, 0.6) is 0 Å². The normalized spacial score (nSPS) is 11.5. The van der Waals surface area contributed by atoms with E-state index in [1.165, 1.54) is 10.9 Å². The van der Waals surface area contributed by atoms with Gasteiger partial charge in [-0.2, -0.15) is 0 Å². The second kappa shape index (κ2) is 11.9. The van der Waals surface area contributed by atoms with Crippen molar-refractivity contribution in [3.63, 3.8) is 0 Å².